The maximum Gasteiger partial charge on any atom is 0.339 e. The molecule has 176 valence electrons. The molecule has 0 saturated carbocycles. The highest BCUT2D eigenvalue weighted by Gasteiger charge is 2.26. The van der Waals surface area contributed by atoms with Crippen molar-refractivity contribution in [3.8, 4) is 5.75 Å². The molecule has 1 heterocycles. The quantitative estimate of drug-likeness (QED) is 0.403. The van der Waals surface area contributed by atoms with Crippen LogP contribution in [-0.2, 0) is 20.7 Å². The molecule has 34 heavy (non-hydrogen) atoms. The van der Waals surface area contributed by atoms with Gasteiger partial charge in [0.05, 0.1) is 30.5 Å². The highest BCUT2D eigenvalue weighted by molar-refractivity contribution is 6.07. The molecule has 0 bridgehead atoms. The number of nitrogens with one attached hydrogen (secondary N) is 1. The van der Waals surface area contributed by atoms with Crippen LogP contribution in [0, 0.1) is 0 Å². The number of carbonyl (C=O) groups excluding carboxylic acids is 2. The molecule has 1 aliphatic rings. The number of carbonyl (C=O) groups is 2. The Morgan fingerprint density at radius 1 is 1.06 bits per heavy atom. The van der Waals surface area contributed by atoms with Crippen LogP contribution in [0.2, 0.25) is 0 Å². The molecule has 0 atom stereocenters. The van der Waals surface area contributed by atoms with E-state index in [1.54, 1.807) is 14.2 Å². The first kappa shape index (κ1) is 23.4. The van der Waals surface area contributed by atoms with E-state index in [1.165, 1.54) is 0 Å². The summed E-state index contributed by atoms with van der Waals surface area (Å²) in [6.45, 7) is 0.411. The Bertz CT molecular complexity index is 1220. The van der Waals surface area contributed by atoms with Crippen molar-refractivity contribution < 1.29 is 23.8 Å². The number of rotatable bonds is 8. The van der Waals surface area contributed by atoms with Gasteiger partial charge in [-0.05, 0) is 60.2 Å². The molecular formula is C27H28N2O5. The maximum atomic E-state index is 13.2. The topological polar surface area (TPSA) is 86.8 Å². The van der Waals surface area contributed by atoms with E-state index in [-0.39, 0.29) is 12.5 Å². The lowest BCUT2D eigenvalue weighted by Gasteiger charge is -2.22. The molecular weight excluding hydrogens is 432 g/mol. The van der Waals surface area contributed by atoms with Crippen LogP contribution in [-0.4, -0.2) is 50.8 Å². The van der Waals surface area contributed by atoms with E-state index in [9.17, 15) is 9.59 Å². The van der Waals surface area contributed by atoms with Gasteiger partial charge in [-0.25, -0.2) is 9.78 Å². The van der Waals surface area contributed by atoms with Crippen LogP contribution in [0.25, 0.3) is 22.6 Å². The molecule has 0 aliphatic heterocycles. The van der Waals surface area contributed by atoms with Crippen LogP contribution in [0.4, 0.5) is 0 Å². The van der Waals surface area contributed by atoms with E-state index in [4.69, 9.17) is 19.2 Å². The molecule has 1 N–H and O–H groups in total. The summed E-state index contributed by atoms with van der Waals surface area (Å²) in [5.74, 6) is -0.0771. The highest BCUT2D eigenvalue weighted by Crippen LogP contribution is 2.36. The second-order valence-corrected chi connectivity index (χ2v) is 8.05. The third kappa shape index (κ3) is 5.26. The number of methoxy groups -OCH3 is 2. The minimum atomic E-state index is -0.512. The number of aromatic nitrogens is 1. The Kier molecular flexibility index (Phi) is 7.54. The smallest absolute Gasteiger partial charge is 0.339 e. The van der Waals surface area contributed by atoms with Gasteiger partial charge >= 0.3 is 5.97 Å². The molecule has 7 heteroatoms. The van der Waals surface area contributed by atoms with Crippen LogP contribution in [0.15, 0.2) is 48.5 Å². The Morgan fingerprint density at radius 3 is 2.62 bits per heavy atom. The average molecular weight is 461 g/mol. The first-order valence-corrected chi connectivity index (χ1v) is 11.3. The Morgan fingerprint density at radius 2 is 1.85 bits per heavy atom. The molecule has 3 aromatic rings. The van der Waals surface area contributed by atoms with Gasteiger partial charge in [-0.15, -0.1) is 0 Å². The fraction of sp³-hybridized carbons (Fsp3) is 0.296. The summed E-state index contributed by atoms with van der Waals surface area (Å²) in [7, 11) is 3.20. The van der Waals surface area contributed by atoms with Gasteiger partial charge in [-0.3, -0.25) is 4.79 Å². The number of esters is 1. The third-order valence-electron chi connectivity index (χ3n) is 5.79. The van der Waals surface area contributed by atoms with Gasteiger partial charge in [0.2, 0.25) is 0 Å². The largest absolute Gasteiger partial charge is 0.497 e. The summed E-state index contributed by atoms with van der Waals surface area (Å²) in [6, 6.07) is 15.4. The Balaban J connectivity index is 1.68. The second kappa shape index (κ2) is 10.9. The zero-order chi connectivity index (χ0) is 23.9. The average Bonchev–Trinajstić information content (AvgIpc) is 2.87. The predicted octanol–water partition coefficient (Wildman–Crippen LogP) is 4.04. The second-order valence-electron chi connectivity index (χ2n) is 8.05. The highest BCUT2D eigenvalue weighted by atomic mass is 16.5. The molecule has 2 aromatic carbocycles. The number of ether oxygens (including phenoxy) is 3. The Hall–Kier alpha value is -3.71. The van der Waals surface area contributed by atoms with Crippen molar-refractivity contribution in [1.82, 2.24) is 10.3 Å². The van der Waals surface area contributed by atoms with E-state index in [1.807, 2.05) is 48.5 Å². The SMILES string of the molecule is COCCNC(=O)COC(=O)c1c2c(nc3ccccc13)/C(=C/c1ccc(OC)cc1)CCC2. The summed E-state index contributed by atoms with van der Waals surface area (Å²) in [4.78, 5) is 30.2. The molecule has 0 saturated heterocycles. The van der Waals surface area contributed by atoms with Crippen molar-refractivity contribution in [3.05, 3.63) is 70.9 Å². The minimum absolute atomic E-state index is 0.345. The number of fused-ring (bicyclic) bond motifs is 2. The lowest BCUT2D eigenvalue weighted by atomic mass is 9.86. The van der Waals surface area contributed by atoms with Gasteiger partial charge in [0, 0.05) is 19.0 Å². The molecule has 1 aromatic heterocycles. The van der Waals surface area contributed by atoms with Crippen LogP contribution >= 0.6 is 0 Å². The van der Waals surface area contributed by atoms with Crippen molar-refractivity contribution in [2.24, 2.45) is 0 Å². The fourth-order valence-corrected chi connectivity index (χ4v) is 4.16. The molecule has 0 fully saturated rings. The number of nitrogens with zero attached hydrogens (tertiary/aromatic N) is 1. The zero-order valence-corrected chi connectivity index (χ0v) is 19.4. The van der Waals surface area contributed by atoms with Crippen LogP contribution < -0.4 is 10.1 Å². The third-order valence-corrected chi connectivity index (χ3v) is 5.79. The summed E-state index contributed by atoms with van der Waals surface area (Å²) in [5.41, 5.74) is 5.01. The number of amides is 1. The van der Waals surface area contributed by atoms with Gasteiger partial charge in [0.1, 0.15) is 5.75 Å². The number of benzene rings is 2. The number of hydrogen-bond donors (Lipinski definition) is 1. The summed E-state index contributed by atoms with van der Waals surface area (Å²) in [5, 5.41) is 3.39. The van der Waals surface area contributed by atoms with E-state index < -0.39 is 5.97 Å². The van der Waals surface area contributed by atoms with Crippen LogP contribution in [0.1, 0.15) is 40.0 Å². The van der Waals surface area contributed by atoms with Crippen molar-refractivity contribution in [1.29, 1.82) is 0 Å². The summed E-state index contributed by atoms with van der Waals surface area (Å²) >= 11 is 0. The number of pyridine rings is 1. The van der Waals surface area contributed by atoms with Crippen molar-refractivity contribution in [2.45, 2.75) is 19.3 Å². The van der Waals surface area contributed by atoms with E-state index in [0.29, 0.717) is 18.7 Å². The predicted molar refractivity (Wildman–Crippen MR) is 131 cm³/mol. The van der Waals surface area contributed by atoms with E-state index in [2.05, 4.69) is 11.4 Å². The first-order valence-electron chi connectivity index (χ1n) is 11.3. The molecule has 4 rings (SSSR count). The maximum absolute atomic E-state index is 13.2. The van der Waals surface area contributed by atoms with Crippen LogP contribution in [0.3, 0.4) is 0 Å². The zero-order valence-electron chi connectivity index (χ0n) is 19.4. The minimum Gasteiger partial charge on any atom is -0.497 e. The van der Waals surface area contributed by atoms with Crippen molar-refractivity contribution in [2.75, 3.05) is 34.0 Å². The standard InChI is InChI=1S/C27H28N2O5/c1-32-15-14-28-24(30)17-34-27(31)25-21-7-3-4-9-23(21)29-26-19(6-5-8-22(25)26)16-18-10-12-20(33-2)13-11-18/h3-4,7,9-13,16H,5-6,8,14-15,17H2,1-2H3,(H,28,30)/b19-16+. The number of hydrogen-bond acceptors (Lipinski definition) is 6. The van der Waals surface area contributed by atoms with Gasteiger partial charge in [0.15, 0.2) is 6.61 Å². The molecule has 7 nitrogen and oxygen atoms in total. The van der Waals surface area contributed by atoms with Gasteiger partial charge in [-0.2, -0.15) is 0 Å². The molecule has 0 spiro atoms. The number of allylic oxidation sites excluding steroid dienone is 1. The van der Waals surface area contributed by atoms with Gasteiger partial charge in [0.25, 0.3) is 5.91 Å². The molecule has 0 unspecified atom stereocenters. The van der Waals surface area contributed by atoms with Gasteiger partial charge < -0.3 is 19.5 Å². The van der Waals surface area contributed by atoms with Crippen molar-refractivity contribution >= 4 is 34.4 Å². The van der Waals surface area contributed by atoms with Gasteiger partial charge in [-0.1, -0.05) is 30.3 Å². The lowest BCUT2D eigenvalue weighted by molar-refractivity contribution is -0.124. The monoisotopic (exact) mass is 460 g/mol. The lowest BCUT2D eigenvalue weighted by Crippen LogP contribution is -2.31. The van der Waals surface area contributed by atoms with Crippen molar-refractivity contribution in [3.63, 3.8) is 0 Å². The normalized spacial score (nSPS) is 14.0. The molecule has 1 amide bonds. The Labute approximate surface area is 198 Å². The van der Waals surface area contributed by atoms with Crippen LogP contribution in [0.5, 0.6) is 5.75 Å². The van der Waals surface area contributed by atoms with E-state index >= 15 is 0 Å². The number of para-hydroxylation sites is 1. The molecule has 0 radical (unpaired) electrons. The summed E-state index contributed by atoms with van der Waals surface area (Å²) in [6.07, 6.45) is 4.59. The first-order chi connectivity index (χ1) is 16.6. The van der Waals surface area contributed by atoms with E-state index in [0.717, 1.165) is 58.3 Å². The molecule has 1 aliphatic carbocycles. The fourth-order valence-electron chi connectivity index (χ4n) is 4.16. The summed E-state index contributed by atoms with van der Waals surface area (Å²) < 4.78 is 15.6.